The first-order valence-corrected chi connectivity index (χ1v) is 3.20. The van der Waals surface area contributed by atoms with Crippen LogP contribution in [-0.4, -0.2) is 23.4 Å². The van der Waals surface area contributed by atoms with Crippen LogP contribution in [0.5, 0.6) is 0 Å². The van der Waals surface area contributed by atoms with Crippen molar-refractivity contribution in [2.75, 3.05) is 6.54 Å². The predicted octanol–water partition coefficient (Wildman–Crippen LogP) is -0.679. The molecule has 6 heteroatoms. The molecule has 0 fully saturated rings. The number of nitrogens with zero attached hydrogens (tertiary/aromatic N) is 3. The summed E-state index contributed by atoms with van der Waals surface area (Å²) >= 11 is 0. The number of amides is 2. The Morgan fingerprint density at radius 3 is 3.25 bits per heavy atom. The maximum atomic E-state index is 10.7. The standard InChI is InChI=1S/C6H7N5O/c7-4-10-6-9-2-1-3-11(6)5(8)12/h1,3H,2H2,(H2,8,12)(H,9,10). The third kappa shape index (κ3) is 1.52. The van der Waals surface area contributed by atoms with Crippen molar-refractivity contribution in [3.8, 4) is 6.19 Å². The Hall–Kier alpha value is -2.03. The highest BCUT2D eigenvalue weighted by Crippen LogP contribution is 1.97. The van der Waals surface area contributed by atoms with Crippen LogP contribution >= 0.6 is 0 Å². The van der Waals surface area contributed by atoms with Crippen LogP contribution < -0.4 is 11.1 Å². The molecule has 62 valence electrons. The number of carbonyl (C=O) groups is 1. The molecule has 1 aliphatic heterocycles. The normalized spacial score (nSPS) is 14.9. The summed E-state index contributed by atoms with van der Waals surface area (Å²) in [5.41, 5.74) is 4.99. The second-order valence-electron chi connectivity index (χ2n) is 1.99. The van der Waals surface area contributed by atoms with Gasteiger partial charge < -0.3 is 5.73 Å². The van der Waals surface area contributed by atoms with Gasteiger partial charge >= 0.3 is 6.03 Å². The fraction of sp³-hybridized carbons (Fsp3) is 0.167. The van der Waals surface area contributed by atoms with Crippen molar-refractivity contribution in [2.24, 2.45) is 10.7 Å². The zero-order chi connectivity index (χ0) is 8.97. The number of hydrogen-bond acceptors (Lipinski definition) is 4. The summed E-state index contributed by atoms with van der Waals surface area (Å²) in [6.07, 6.45) is 4.79. The summed E-state index contributed by atoms with van der Waals surface area (Å²) < 4.78 is 0. The Bertz CT molecular complexity index is 287. The van der Waals surface area contributed by atoms with Gasteiger partial charge in [-0.25, -0.2) is 14.7 Å². The number of aliphatic imine (C=N–C) groups is 1. The monoisotopic (exact) mass is 165 g/mol. The molecule has 0 aromatic heterocycles. The number of hydrogen-bond donors (Lipinski definition) is 2. The van der Waals surface area contributed by atoms with Gasteiger partial charge in [-0.1, -0.05) is 0 Å². The Labute approximate surface area is 69.0 Å². The topological polar surface area (TPSA) is 94.5 Å². The number of nitrogens with two attached hydrogens (primary N) is 1. The van der Waals surface area contributed by atoms with Crippen molar-refractivity contribution in [2.45, 2.75) is 0 Å². The van der Waals surface area contributed by atoms with Crippen molar-refractivity contribution < 1.29 is 4.79 Å². The van der Waals surface area contributed by atoms with E-state index in [1.807, 2.05) is 0 Å². The summed E-state index contributed by atoms with van der Waals surface area (Å²) in [7, 11) is 0. The van der Waals surface area contributed by atoms with Gasteiger partial charge in [0.05, 0.1) is 6.54 Å². The van der Waals surface area contributed by atoms with E-state index in [-0.39, 0.29) is 5.96 Å². The number of nitriles is 1. The van der Waals surface area contributed by atoms with Crippen molar-refractivity contribution in [1.29, 1.82) is 5.26 Å². The molecule has 12 heavy (non-hydrogen) atoms. The van der Waals surface area contributed by atoms with Crippen LogP contribution in [0.4, 0.5) is 4.79 Å². The SMILES string of the molecule is N#CNC1=NCC=CN1C(N)=O. The molecule has 0 unspecified atom stereocenters. The predicted molar refractivity (Wildman–Crippen MR) is 41.6 cm³/mol. The van der Waals surface area contributed by atoms with E-state index in [9.17, 15) is 4.79 Å². The van der Waals surface area contributed by atoms with Gasteiger partial charge in [0.15, 0.2) is 6.19 Å². The number of urea groups is 1. The highest BCUT2D eigenvalue weighted by atomic mass is 16.2. The molecular weight excluding hydrogens is 158 g/mol. The molecule has 0 saturated carbocycles. The van der Waals surface area contributed by atoms with Gasteiger partial charge in [0, 0.05) is 6.20 Å². The maximum absolute atomic E-state index is 10.7. The van der Waals surface area contributed by atoms with E-state index < -0.39 is 6.03 Å². The van der Waals surface area contributed by atoms with Gasteiger partial charge in [-0.05, 0) is 6.08 Å². The summed E-state index contributed by atoms with van der Waals surface area (Å²) in [6, 6.07) is -0.674. The van der Waals surface area contributed by atoms with Crippen molar-refractivity contribution in [3.63, 3.8) is 0 Å². The molecule has 0 spiro atoms. The molecule has 0 saturated heterocycles. The zero-order valence-electron chi connectivity index (χ0n) is 6.19. The lowest BCUT2D eigenvalue weighted by Gasteiger charge is -2.18. The lowest BCUT2D eigenvalue weighted by atomic mass is 10.5. The van der Waals surface area contributed by atoms with Crippen molar-refractivity contribution >= 4 is 12.0 Å². The summed E-state index contributed by atoms with van der Waals surface area (Å²) in [4.78, 5) is 15.6. The fourth-order valence-corrected chi connectivity index (χ4v) is 0.766. The summed E-state index contributed by atoms with van der Waals surface area (Å²) in [5, 5.41) is 10.5. The first kappa shape index (κ1) is 8.07. The quantitative estimate of drug-likeness (QED) is 0.368. The van der Waals surface area contributed by atoms with Crippen LogP contribution in [0.1, 0.15) is 0 Å². The second-order valence-corrected chi connectivity index (χ2v) is 1.99. The van der Waals surface area contributed by atoms with E-state index in [1.54, 1.807) is 12.3 Å². The van der Waals surface area contributed by atoms with E-state index >= 15 is 0 Å². The van der Waals surface area contributed by atoms with Crippen LogP contribution in [0.15, 0.2) is 17.3 Å². The van der Waals surface area contributed by atoms with Crippen LogP contribution in [0, 0.1) is 11.5 Å². The minimum Gasteiger partial charge on any atom is -0.351 e. The van der Waals surface area contributed by atoms with E-state index in [2.05, 4.69) is 10.3 Å². The molecule has 0 aliphatic carbocycles. The molecule has 1 heterocycles. The number of guanidine groups is 1. The van der Waals surface area contributed by atoms with Crippen LogP contribution in [0.2, 0.25) is 0 Å². The molecule has 2 amide bonds. The van der Waals surface area contributed by atoms with E-state index in [0.29, 0.717) is 6.54 Å². The van der Waals surface area contributed by atoms with Gasteiger partial charge in [-0.2, -0.15) is 5.26 Å². The molecule has 0 aromatic rings. The number of nitrogens with one attached hydrogen (secondary N) is 1. The largest absolute Gasteiger partial charge is 0.351 e. The van der Waals surface area contributed by atoms with Gasteiger partial charge in [-0.3, -0.25) is 5.32 Å². The van der Waals surface area contributed by atoms with Crippen LogP contribution in [0.3, 0.4) is 0 Å². The minimum atomic E-state index is -0.674. The number of primary amides is 1. The van der Waals surface area contributed by atoms with E-state index in [4.69, 9.17) is 11.0 Å². The van der Waals surface area contributed by atoms with Gasteiger partial charge in [-0.15, -0.1) is 0 Å². The molecule has 1 aliphatic rings. The van der Waals surface area contributed by atoms with Crippen molar-refractivity contribution in [3.05, 3.63) is 12.3 Å². The van der Waals surface area contributed by atoms with E-state index in [1.165, 1.54) is 6.20 Å². The fourth-order valence-electron chi connectivity index (χ4n) is 0.766. The highest BCUT2D eigenvalue weighted by Gasteiger charge is 2.15. The molecule has 1 rings (SSSR count). The average molecular weight is 165 g/mol. The Kier molecular flexibility index (Phi) is 2.28. The molecule has 6 nitrogen and oxygen atoms in total. The summed E-state index contributed by atoms with van der Waals surface area (Å²) in [5.74, 6) is 0.160. The third-order valence-corrected chi connectivity index (χ3v) is 1.23. The van der Waals surface area contributed by atoms with Gasteiger partial charge in [0.1, 0.15) is 0 Å². The Balaban J connectivity index is 2.77. The average Bonchev–Trinajstić information content (AvgIpc) is 2.05. The molecule has 0 aromatic carbocycles. The third-order valence-electron chi connectivity index (χ3n) is 1.23. The number of carbonyl (C=O) groups excluding carboxylic acids is 1. The second kappa shape index (κ2) is 3.39. The first-order valence-electron chi connectivity index (χ1n) is 3.20. The Morgan fingerprint density at radius 2 is 2.67 bits per heavy atom. The lowest BCUT2D eigenvalue weighted by Crippen LogP contribution is -2.44. The smallest absolute Gasteiger partial charge is 0.325 e. The first-order chi connectivity index (χ1) is 5.75. The molecule has 0 radical (unpaired) electrons. The summed E-state index contributed by atoms with van der Waals surface area (Å²) in [6.45, 7) is 0.438. The van der Waals surface area contributed by atoms with Crippen molar-refractivity contribution in [1.82, 2.24) is 10.2 Å². The molecule has 3 N–H and O–H groups in total. The molecular formula is C6H7N5O. The maximum Gasteiger partial charge on any atom is 0.325 e. The highest BCUT2D eigenvalue weighted by molar-refractivity contribution is 5.97. The van der Waals surface area contributed by atoms with E-state index in [0.717, 1.165) is 4.90 Å². The zero-order valence-corrected chi connectivity index (χ0v) is 6.19. The molecule has 0 atom stereocenters. The minimum absolute atomic E-state index is 0.160. The van der Waals surface area contributed by atoms with Crippen LogP contribution in [0.25, 0.3) is 0 Å². The van der Waals surface area contributed by atoms with Crippen LogP contribution in [-0.2, 0) is 0 Å². The Morgan fingerprint density at radius 1 is 1.92 bits per heavy atom. The van der Waals surface area contributed by atoms with Gasteiger partial charge in [0.25, 0.3) is 0 Å². The number of rotatable bonds is 0. The van der Waals surface area contributed by atoms with Gasteiger partial charge in [0.2, 0.25) is 5.96 Å². The lowest BCUT2D eigenvalue weighted by molar-refractivity contribution is 0.238. The molecule has 0 bridgehead atoms.